The van der Waals surface area contributed by atoms with Gasteiger partial charge in [-0.3, -0.25) is 14.5 Å². The van der Waals surface area contributed by atoms with Crippen molar-refractivity contribution in [3.63, 3.8) is 0 Å². The van der Waals surface area contributed by atoms with Crippen molar-refractivity contribution in [1.82, 2.24) is 4.90 Å². The number of hydrogen-bond donors (Lipinski definition) is 2. The van der Waals surface area contributed by atoms with Crippen LogP contribution in [0.25, 0.3) is 4.85 Å². The summed E-state index contributed by atoms with van der Waals surface area (Å²) in [6, 6.07) is 0.135. The van der Waals surface area contributed by atoms with Crippen LogP contribution in [-0.4, -0.2) is 39.8 Å². The fourth-order valence-electron chi connectivity index (χ4n) is 7.13. The summed E-state index contributed by atoms with van der Waals surface area (Å²) < 4.78 is 0. The lowest BCUT2D eigenvalue weighted by atomic mass is 9.46. The normalized spacial score (nSPS) is 52.0. The van der Waals surface area contributed by atoms with Gasteiger partial charge in [-0.2, -0.15) is 0 Å². The Morgan fingerprint density at radius 3 is 2.58 bits per heavy atom. The van der Waals surface area contributed by atoms with Crippen molar-refractivity contribution >= 4 is 5.91 Å². The van der Waals surface area contributed by atoms with Gasteiger partial charge in [0.25, 0.3) is 0 Å². The van der Waals surface area contributed by atoms with Gasteiger partial charge in [0.2, 0.25) is 5.91 Å². The number of fused-ring (bicyclic) bond motifs is 1. The quantitative estimate of drug-likeness (QED) is 0.777. The summed E-state index contributed by atoms with van der Waals surface area (Å²) in [5, 5.41) is 10.9. The van der Waals surface area contributed by atoms with Crippen LogP contribution in [0.5, 0.6) is 0 Å². The standard InChI is InChI=1S/C19H27N3O2/c1-21-16-4-13-3-14(13)22(16)17(23)5-15(20)18-6-11-2-12(7-18)9-19(24,8-11)10-18/h11-16,24H,2-10,20H2/t11?,12?,13-,14-,15+,16-,18?,19?/m0/s1. The number of piperidine rings is 1. The first-order valence-corrected chi connectivity index (χ1v) is 9.57. The Hall–Kier alpha value is -1.12. The van der Waals surface area contributed by atoms with E-state index in [9.17, 15) is 9.90 Å². The number of amides is 1. The molecule has 0 aromatic heterocycles. The molecule has 5 nitrogen and oxygen atoms in total. The lowest BCUT2D eigenvalue weighted by molar-refractivity contribution is -0.173. The highest BCUT2D eigenvalue weighted by molar-refractivity contribution is 5.79. The van der Waals surface area contributed by atoms with Gasteiger partial charge >= 0.3 is 6.17 Å². The molecule has 5 aliphatic carbocycles. The molecule has 6 fully saturated rings. The Labute approximate surface area is 143 Å². The van der Waals surface area contributed by atoms with E-state index >= 15 is 0 Å². The average molecular weight is 329 g/mol. The minimum atomic E-state index is -0.529. The molecule has 1 saturated heterocycles. The molecule has 24 heavy (non-hydrogen) atoms. The molecule has 0 radical (unpaired) electrons. The van der Waals surface area contributed by atoms with E-state index in [0.717, 1.165) is 44.9 Å². The maximum Gasteiger partial charge on any atom is 0.301 e. The van der Waals surface area contributed by atoms with Crippen molar-refractivity contribution in [2.75, 3.05) is 0 Å². The van der Waals surface area contributed by atoms with E-state index in [0.29, 0.717) is 30.2 Å². The number of nitrogens with two attached hydrogens (primary N) is 1. The van der Waals surface area contributed by atoms with Crippen LogP contribution in [-0.2, 0) is 4.79 Å². The topological polar surface area (TPSA) is 70.9 Å². The van der Waals surface area contributed by atoms with Crippen molar-refractivity contribution in [2.24, 2.45) is 28.9 Å². The fourth-order valence-corrected chi connectivity index (χ4v) is 7.13. The lowest BCUT2D eigenvalue weighted by Crippen LogP contribution is -2.61. The molecule has 5 saturated carbocycles. The van der Waals surface area contributed by atoms with Crippen molar-refractivity contribution < 1.29 is 9.90 Å². The summed E-state index contributed by atoms with van der Waals surface area (Å²) in [6.07, 6.45) is 8.06. The zero-order chi connectivity index (χ0) is 16.7. The van der Waals surface area contributed by atoms with Crippen LogP contribution in [0.15, 0.2) is 0 Å². The van der Waals surface area contributed by atoms with E-state index < -0.39 is 5.60 Å². The number of carbonyl (C=O) groups excluding carboxylic acids is 1. The van der Waals surface area contributed by atoms with Gasteiger partial charge in [0.15, 0.2) is 0 Å². The van der Waals surface area contributed by atoms with E-state index in [1.54, 1.807) is 0 Å². The predicted molar refractivity (Wildman–Crippen MR) is 88.4 cm³/mol. The maximum absolute atomic E-state index is 12.9. The van der Waals surface area contributed by atoms with Crippen LogP contribution in [0.1, 0.15) is 57.8 Å². The molecule has 0 aromatic carbocycles. The molecule has 0 spiro atoms. The SMILES string of the molecule is [C-]#[N+][C@@H]1C[C@@H]2C[C@@H]2N1C(=O)C[C@@H](N)C12CC3CC(CC(O)(C3)C1)C2. The third kappa shape index (κ3) is 2.09. The highest BCUT2D eigenvalue weighted by Crippen LogP contribution is 2.63. The summed E-state index contributed by atoms with van der Waals surface area (Å²) in [5.41, 5.74) is 6.03. The first-order chi connectivity index (χ1) is 11.4. The molecule has 1 heterocycles. The molecular weight excluding hydrogens is 302 g/mol. The van der Waals surface area contributed by atoms with Crippen LogP contribution < -0.4 is 5.73 Å². The molecule has 6 atom stereocenters. The minimum absolute atomic E-state index is 0.0508. The van der Waals surface area contributed by atoms with Gasteiger partial charge in [-0.25, -0.2) is 6.57 Å². The molecule has 1 amide bonds. The molecule has 3 N–H and O–H groups in total. The Kier molecular flexibility index (Phi) is 2.99. The average Bonchev–Trinajstić information content (AvgIpc) is 3.14. The number of aliphatic hydroxyl groups is 1. The summed E-state index contributed by atoms with van der Waals surface area (Å²) >= 11 is 0. The second-order valence-corrected chi connectivity index (χ2v) is 9.57. The Morgan fingerprint density at radius 2 is 1.96 bits per heavy atom. The van der Waals surface area contributed by atoms with E-state index in [4.69, 9.17) is 12.3 Å². The summed E-state index contributed by atoms with van der Waals surface area (Å²) in [6.45, 7) is 7.35. The highest BCUT2D eigenvalue weighted by Gasteiger charge is 2.61. The molecule has 130 valence electrons. The molecular formula is C19H27N3O2. The Bertz CT molecular complexity index is 613. The fraction of sp³-hybridized carbons (Fsp3) is 0.895. The third-order valence-corrected chi connectivity index (χ3v) is 7.77. The molecule has 5 heteroatoms. The van der Waals surface area contributed by atoms with Gasteiger partial charge in [-0.1, -0.05) is 0 Å². The van der Waals surface area contributed by atoms with Gasteiger partial charge in [-0.05, 0) is 68.1 Å². The lowest BCUT2D eigenvalue weighted by Gasteiger charge is -2.62. The first kappa shape index (κ1) is 15.2. The molecule has 0 aromatic rings. The number of rotatable bonds is 3. The summed E-state index contributed by atoms with van der Waals surface area (Å²) in [4.78, 5) is 18.4. The van der Waals surface area contributed by atoms with Crippen molar-refractivity contribution in [1.29, 1.82) is 0 Å². The Balaban J connectivity index is 1.33. The number of hydrogen-bond acceptors (Lipinski definition) is 3. The van der Waals surface area contributed by atoms with Crippen molar-refractivity contribution in [3.05, 3.63) is 11.4 Å². The Morgan fingerprint density at radius 1 is 1.25 bits per heavy atom. The second kappa shape index (κ2) is 4.74. The number of likely N-dealkylation sites (tertiary alicyclic amines) is 1. The van der Waals surface area contributed by atoms with Gasteiger partial charge in [0.05, 0.1) is 5.60 Å². The zero-order valence-electron chi connectivity index (χ0n) is 14.2. The molecule has 4 bridgehead atoms. The second-order valence-electron chi connectivity index (χ2n) is 9.57. The van der Waals surface area contributed by atoms with Gasteiger partial charge < -0.3 is 10.8 Å². The van der Waals surface area contributed by atoms with Crippen LogP contribution in [0.3, 0.4) is 0 Å². The predicted octanol–water partition coefficient (Wildman–Crippen LogP) is 1.90. The van der Waals surface area contributed by atoms with Crippen LogP contribution >= 0.6 is 0 Å². The maximum atomic E-state index is 12.9. The highest BCUT2D eigenvalue weighted by atomic mass is 16.3. The third-order valence-electron chi connectivity index (χ3n) is 7.77. The molecule has 6 aliphatic rings. The van der Waals surface area contributed by atoms with Crippen LogP contribution in [0.2, 0.25) is 0 Å². The van der Waals surface area contributed by atoms with Gasteiger partial charge in [0.1, 0.15) is 0 Å². The van der Waals surface area contributed by atoms with E-state index in [1.807, 2.05) is 4.90 Å². The van der Waals surface area contributed by atoms with E-state index in [1.165, 1.54) is 6.42 Å². The smallest absolute Gasteiger partial charge is 0.301 e. The summed E-state index contributed by atoms with van der Waals surface area (Å²) in [5.74, 6) is 1.82. The van der Waals surface area contributed by atoms with E-state index in [2.05, 4.69) is 4.85 Å². The molecule has 2 unspecified atom stereocenters. The first-order valence-electron chi connectivity index (χ1n) is 9.57. The van der Waals surface area contributed by atoms with Crippen molar-refractivity contribution in [3.8, 4) is 0 Å². The van der Waals surface area contributed by atoms with Gasteiger partial charge in [0, 0.05) is 24.9 Å². The minimum Gasteiger partial charge on any atom is -0.390 e. The van der Waals surface area contributed by atoms with E-state index in [-0.39, 0.29) is 23.5 Å². The van der Waals surface area contributed by atoms with Gasteiger partial charge in [-0.15, -0.1) is 0 Å². The molecule has 6 rings (SSSR count). The molecule has 1 aliphatic heterocycles. The van der Waals surface area contributed by atoms with Crippen LogP contribution in [0, 0.1) is 29.7 Å². The number of carbonyl (C=O) groups is 1. The van der Waals surface area contributed by atoms with Crippen LogP contribution in [0.4, 0.5) is 0 Å². The monoisotopic (exact) mass is 329 g/mol. The largest absolute Gasteiger partial charge is 0.390 e. The summed E-state index contributed by atoms with van der Waals surface area (Å²) in [7, 11) is 0. The van der Waals surface area contributed by atoms with Crippen molar-refractivity contribution in [2.45, 2.75) is 81.6 Å². The number of nitrogens with zero attached hydrogens (tertiary/aromatic N) is 2. The zero-order valence-corrected chi connectivity index (χ0v) is 14.2.